The van der Waals surface area contributed by atoms with Crippen LogP contribution in [0.1, 0.15) is 17.0 Å². The van der Waals surface area contributed by atoms with E-state index in [1.807, 2.05) is 49.7 Å². The van der Waals surface area contributed by atoms with Crippen molar-refractivity contribution in [2.24, 2.45) is 7.05 Å². The molecule has 2 aromatic carbocycles. The molecule has 1 heterocycles. The molecule has 0 atom stereocenters. The molecule has 3 rings (SSSR count). The van der Waals surface area contributed by atoms with Crippen LogP contribution in [0.4, 0.5) is 5.69 Å². The van der Waals surface area contributed by atoms with Crippen LogP contribution in [0, 0.1) is 13.8 Å². The summed E-state index contributed by atoms with van der Waals surface area (Å²) in [5.74, 6) is 1.39. The Morgan fingerprint density at radius 3 is 2.61 bits per heavy atom. The van der Waals surface area contributed by atoms with E-state index in [1.165, 1.54) is 11.8 Å². The molecule has 8 heteroatoms. The van der Waals surface area contributed by atoms with Crippen molar-refractivity contribution in [2.45, 2.75) is 25.6 Å². The molecule has 0 spiro atoms. The monoisotopic (exact) mass is 416 g/mol. The predicted molar refractivity (Wildman–Crippen MR) is 112 cm³/mol. The van der Waals surface area contributed by atoms with E-state index in [0.717, 1.165) is 16.8 Å². The standard InChI is InChI=1S/C20H21ClN4O2S/c1-13-8-14(2)10-15(9-13)22-19(26)12-28-20-24-23-18(25(20)3)11-27-17-7-5-4-6-16(17)21/h4-10H,11-12H2,1-3H3,(H,22,26). The lowest BCUT2D eigenvalue weighted by Crippen LogP contribution is -2.14. The van der Waals surface area contributed by atoms with Gasteiger partial charge in [-0.15, -0.1) is 10.2 Å². The molecule has 0 saturated carbocycles. The van der Waals surface area contributed by atoms with E-state index < -0.39 is 0 Å². The Kier molecular flexibility index (Phi) is 6.59. The summed E-state index contributed by atoms with van der Waals surface area (Å²) in [5, 5.41) is 12.4. The first kappa shape index (κ1) is 20.2. The Morgan fingerprint density at radius 1 is 1.18 bits per heavy atom. The van der Waals surface area contributed by atoms with Crippen LogP contribution in [-0.4, -0.2) is 26.4 Å². The summed E-state index contributed by atoms with van der Waals surface area (Å²) in [6, 6.07) is 13.2. The van der Waals surface area contributed by atoms with Crippen molar-refractivity contribution in [3.05, 3.63) is 64.4 Å². The highest BCUT2D eigenvalue weighted by molar-refractivity contribution is 7.99. The predicted octanol–water partition coefficient (Wildman–Crippen LogP) is 4.40. The highest BCUT2D eigenvalue weighted by Gasteiger charge is 2.13. The topological polar surface area (TPSA) is 69.0 Å². The minimum absolute atomic E-state index is 0.0909. The summed E-state index contributed by atoms with van der Waals surface area (Å²) in [6.07, 6.45) is 0. The van der Waals surface area contributed by atoms with Gasteiger partial charge in [-0.2, -0.15) is 0 Å². The summed E-state index contributed by atoms with van der Waals surface area (Å²) in [7, 11) is 1.84. The Balaban J connectivity index is 1.55. The number of hydrogen-bond acceptors (Lipinski definition) is 5. The van der Waals surface area contributed by atoms with Crippen molar-refractivity contribution in [3.63, 3.8) is 0 Å². The van der Waals surface area contributed by atoms with Crippen LogP contribution in [0.3, 0.4) is 0 Å². The first-order valence-electron chi connectivity index (χ1n) is 8.69. The third kappa shape index (κ3) is 5.27. The van der Waals surface area contributed by atoms with E-state index in [2.05, 4.69) is 21.6 Å². The maximum Gasteiger partial charge on any atom is 0.234 e. The molecule has 0 unspecified atom stereocenters. The lowest BCUT2D eigenvalue weighted by molar-refractivity contribution is -0.113. The van der Waals surface area contributed by atoms with Crippen LogP contribution >= 0.6 is 23.4 Å². The fourth-order valence-electron chi connectivity index (χ4n) is 2.67. The number of ether oxygens (including phenoxy) is 1. The Bertz CT molecular complexity index is 970. The normalized spacial score (nSPS) is 10.7. The Labute approximate surface area is 173 Å². The lowest BCUT2D eigenvalue weighted by atomic mass is 10.1. The number of para-hydroxylation sites is 1. The molecule has 146 valence electrons. The zero-order chi connectivity index (χ0) is 20.1. The van der Waals surface area contributed by atoms with Gasteiger partial charge in [0.1, 0.15) is 12.4 Å². The minimum Gasteiger partial charge on any atom is -0.484 e. The van der Waals surface area contributed by atoms with Crippen molar-refractivity contribution in [1.82, 2.24) is 14.8 Å². The zero-order valence-electron chi connectivity index (χ0n) is 15.9. The van der Waals surface area contributed by atoms with Crippen LogP contribution < -0.4 is 10.1 Å². The maximum atomic E-state index is 12.2. The maximum absolute atomic E-state index is 12.2. The quantitative estimate of drug-likeness (QED) is 0.578. The van der Waals surface area contributed by atoms with E-state index in [1.54, 1.807) is 12.1 Å². The second-order valence-corrected chi connectivity index (χ2v) is 7.74. The summed E-state index contributed by atoms with van der Waals surface area (Å²) in [4.78, 5) is 12.2. The van der Waals surface area contributed by atoms with Gasteiger partial charge in [-0.25, -0.2) is 0 Å². The average Bonchev–Trinajstić information content (AvgIpc) is 2.98. The van der Waals surface area contributed by atoms with Gasteiger partial charge in [-0.3, -0.25) is 4.79 Å². The molecule has 0 aliphatic rings. The van der Waals surface area contributed by atoms with Gasteiger partial charge in [0.25, 0.3) is 0 Å². The van der Waals surface area contributed by atoms with Gasteiger partial charge in [0.2, 0.25) is 5.91 Å². The number of nitrogens with zero attached hydrogens (tertiary/aromatic N) is 3. The molecule has 1 aromatic heterocycles. The Hall–Kier alpha value is -2.51. The summed E-state index contributed by atoms with van der Waals surface area (Å²) in [5.41, 5.74) is 3.02. The molecule has 0 bridgehead atoms. The summed E-state index contributed by atoms with van der Waals surface area (Å²) >= 11 is 7.41. The van der Waals surface area contributed by atoms with E-state index >= 15 is 0 Å². The van der Waals surface area contributed by atoms with Gasteiger partial charge >= 0.3 is 0 Å². The molecule has 0 aliphatic carbocycles. The van der Waals surface area contributed by atoms with Gasteiger partial charge in [0.15, 0.2) is 11.0 Å². The highest BCUT2D eigenvalue weighted by Crippen LogP contribution is 2.24. The zero-order valence-corrected chi connectivity index (χ0v) is 17.5. The number of aromatic nitrogens is 3. The second-order valence-electron chi connectivity index (χ2n) is 6.39. The van der Waals surface area contributed by atoms with Gasteiger partial charge in [0, 0.05) is 12.7 Å². The van der Waals surface area contributed by atoms with Gasteiger partial charge < -0.3 is 14.6 Å². The second kappa shape index (κ2) is 9.12. The fraction of sp³-hybridized carbons (Fsp3) is 0.250. The fourth-order valence-corrected chi connectivity index (χ4v) is 3.59. The third-order valence-corrected chi connectivity index (χ3v) is 5.29. The number of nitrogens with one attached hydrogen (secondary N) is 1. The average molecular weight is 417 g/mol. The minimum atomic E-state index is -0.0909. The van der Waals surface area contributed by atoms with E-state index in [9.17, 15) is 4.79 Å². The number of carbonyl (C=O) groups excluding carboxylic acids is 1. The SMILES string of the molecule is Cc1cc(C)cc(NC(=O)CSc2nnc(COc3ccccc3Cl)n2C)c1. The number of halogens is 1. The lowest BCUT2D eigenvalue weighted by Gasteiger charge is -2.08. The van der Waals surface area contributed by atoms with Crippen molar-refractivity contribution < 1.29 is 9.53 Å². The molecule has 0 saturated heterocycles. The van der Waals surface area contributed by atoms with E-state index in [-0.39, 0.29) is 18.3 Å². The first-order valence-corrected chi connectivity index (χ1v) is 10.1. The molecule has 0 radical (unpaired) electrons. The van der Waals surface area contributed by atoms with Crippen LogP contribution in [0.15, 0.2) is 47.6 Å². The van der Waals surface area contributed by atoms with Crippen LogP contribution in [0.5, 0.6) is 5.75 Å². The molecule has 6 nitrogen and oxygen atoms in total. The Morgan fingerprint density at radius 2 is 1.89 bits per heavy atom. The number of anilines is 1. The first-order chi connectivity index (χ1) is 13.4. The van der Waals surface area contributed by atoms with Crippen LogP contribution in [0.2, 0.25) is 5.02 Å². The van der Waals surface area contributed by atoms with Crippen molar-refractivity contribution in [1.29, 1.82) is 0 Å². The van der Waals surface area contributed by atoms with Crippen LogP contribution in [-0.2, 0) is 18.4 Å². The number of amides is 1. The molecule has 0 aliphatic heterocycles. The van der Waals surface area contributed by atoms with Crippen molar-refractivity contribution >= 4 is 35.0 Å². The van der Waals surface area contributed by atoms with E-state index in [4.69, 9.17) is 16.3 Å². The molecule has 28 heavy (non-hydrogen) atoms. The number of carbonyl (C=O) groups is 1. The number of rotatable bonds is 7. The third-order valence-electron chi connectivity index (χ3n) is 3.96. The van der Waals surface area contributed by atoms with Gasteiger partial charge in [0.05, 0.1) is 10.8 Å². The smallest absolute Gasteiger partial charge is 0.234 e. The largest absolute Gasteiger partial charge is 0.484 e. The van der Waals surface area contributed by atoms with Gasteiger partial charge in [-0.1, -0.05) is 41.6 Å². The number of benzene rings is 2. The molecule has 1 amide bonds. The molecular weight excluding hydrogens is 396 g/mol. The van der Waals surface area contributed by atoms with Crippen LogP contribution in [0.25, 0.3) is 0 Å². The summed E-state index contributed by atoms with van der Waals surface area (Å²) in [6.45, 7) is 4.24. The number of aryl methyl sites for hydroxylation is 2. The number of hydrogen-bond donors (Lipinski definition) is 1. The van der Waals surface area contributed by atoms with Crippen molar-refractivity contribution in [2.75, 3.05) is 11.1 Å². The molecular formula is C20H21ClN4O2S. The highest BCUT2D eigenvalue weighted by atomic mass is 35.5. The molecule has 0 fully saturated rings. The molecule has 1 N–H and O–H groups in total. The summed E-state index contributed by atoms with van der Waals surface area (Å²) < 4.78 is 7.51. The van der Waals surface area contributed by atoms with Crippen molar-refractivity contribution in [3.8, 4) is 5.75 Å². The molecule has 3 aromatic rings. The van der Waals surface area contributed by atoms with Gasteiger partial charge in [-0.05, 0) is 49.2 Å². The number of thioether (sulfide) groups is 1. The van der Waals surface area contributed by atoms with E-state index in [0.29, 0.717) is 21.8 Å².